The molecule has 4 nitrogen and oxygen atoms in total. The number of hydrogen-bond donors (Lipinski definition) is 1. The van der Waals surface area contributed by atoms with Gasteiger partial charge in [-0.3, -0.25) is 0 Å². The normalized spacial score (nSPS) is 25.4. The van der Waals surface area contributed by atoms with Gasteiger partial charge in [0.1, 0.15) is 0 Å². The summed E-state index contributed by atoms with van der Waals surface area (Å²) in [5, 5.41) is 0. The summed E-state index contributed by atoms with van der Waals surface area (Å²) in [6.07, 6.45) is 2.91. The lowest BCUT2D eigenvalue weighted by molar-refractivity contribution is 0.204. The lowest BCUT2D eigenvalue weighted by Gasteiger charge is -2.37. The molecular weight excluding hydrogens is 328 g/mol. The van der Waals surface area contributed by atoms with E-state index < -0.39 is 10.0 Å². The number of halogens is 1. The summed E-state index contributed by atoms with van der Waals surface area (Å²) in [5.74, 6) is 0. The fourth-order valence-corrected chi connectivity index (χ4v) is 5.65. The zero-order chi connectivity index (χ0) is 14.2. The standard InChI is InChI=1S/C13H19BrN2O2S/c1-9-4-3-5-10(2)16(9)19(17,18)13-7-6-11(15)8-12(13)14/h6-10H,3-5,15H2,1-2H3/t9-,10+. The number of nitrogens with two attached hydrogens (primary N) is 1. The van der Waals surface area contributed by atoms with Crippen LogP contribution in [0.4, 0.5) is 5.69 Å². The number of piperidine rings is 1. The smallest absolute Gasteiger partial charge is 0.244 e. The molecule has 2 rings (SSSR count). The monoisotopic (exact) mass is 346 g/mol. The van der Waals surface area contributed by atoms with E-state index in [4.69, 9.17) is 5.73 Å². The van der Waals surface area contributed by atoms with E-state index >= 15 is 0 Å². The fourth-order valence-electron chi connectivity index (χ4n) is 2.71. The number of anilines is 1. The first-order valence-electron chi connectivity index (χ1n) is 6.42. The van der Waals surface area contributed by atoms with Gasteiger partial charge in [-0.25, -0.2) is 8.42 Å². The quantitative estimate of drug-likeness (QED) is 0.837. The minimum Gasteiger partial charge on any atom is -0.399 e. The molecule has 1 saturated heterocycles. The van der Waals surface area contributed by atoms with Gasteiger partial charge in [0.05, 0.1) is 4.90 Å². The van der Waals surface area contributed by atoms with E-state index in [9.17, 15) is 8.42 Å². The van der Waals surface area contributed by atoms with Crippen molar-refractivity contribution in [2.75, 3.05) is 5.73 Å². The van der Waals surface area contributed by atoms with Crippen molar-refractivity contribution >= 4 is 31.6 Å². The van der Waals surface area contributed by atoms with Gasteiger partial charge in [0, 0.05) is 22.2 Å². The summed E-state index contributed by atoms with van der Waals surface area (Å²) in [4.78, 5) is 0.294. The molecule has 0 radical (unpaired) electrons. The lowest BCUT2D eigenvalue weighted by Crippen LogP contribution is -2.47. The van der Waals surface area contributed by atoms with Gasteiger partial charge in [-0.05, 0) is 60.8 Å². The summed E-state index contributed by atoms with van der Waals surface area (Å²) < 4.78 is 27.7. The number of sulfonamides is 1. The Morgan fingerprint density at radius 3 is 2.37 bits per heavy atom. The molecule has 1 aromatic carbocycles. The Morgan fingerprint density at radius 2 is 1.84 bits per heavy atom. The Bertz CT molecular complexity index is 564. The molecule has 0 spiro atoms. The average molecular weight is 347 g/mol. The van der Waals surface area contributed by atoms with Gasteiger partial charge in [0.15, 0.2) is 0 Å². The summed E-state index contributed by atoms with van der Waals surface area (Å²) in [6, 6.07) is 4.91. The highest BCUT2D eigenvalue weighted by Crippen LogP contribution is 2.33. The van der Waals surface area contributed by atoms with Crippen LogP contribution in [0.15, 0.2) is 27.6 Å². The molecule has 0 unspecified atom stereocenters. The molecule has 6 heteroatoms. The molecule has 2 N–H and O–H groups in total. The van der Waals surface area contributed by atoms with Crippen LogP contribution >= 0.6 is 15.9 Å². The second-order valence-electron chi connectivity index (χ2n) is 5.15. The Labute approximate surface area is 123 Å². The second-order valence-corrected chi connectivity index (χ2v) is 7.82. The zero-order valence-electron chi connectivity index (χ0n) is 11.1. The number of hydrogen-bond acceptors (Lipinski definition) is 3. The molecule has 2 atom stereocenters. The lowest BCUT2D eigenvalue weighted by atomic mass is 10.0. The third kappa shape index (κ3) is 2.80. The van der Waals surface area contributed by atoms with E-state index in [2.05, 4.69) is 15.9 Å². The highest BCUT2D eigenvalue weighted by atomic mass is 79.9. The van der Waals surface area contributed by atoms with Gasteiger partial charge in [0.2, 0.25) is 10.0 Å². The van der Waals surface area contributed by atoms with Crippen LogP contribution in [0.3, 0.4) is 0 Å². The summed E-state index contributed by atoms with van der Waals surface area (Å²) >= 11 is 3.30. The minimum atomic E-state index is -3.48. The zero-order valence-corrected chi connectivity index (χ0v) is 13.5. The molecule has 1 aliphatic rings. The first-order valence-corrected chi connectivity index (χ1v) is 8.66. The number of benzene rings is 1. The van der Waals surface area contributed by atoms with Crippen LogP contribution in [-0.2, 0) is 10.0 Å². The van der Waals surface area contributed by atoms with Crippen LogP contribution in [0.1, 0.15) is 33.1 Å². The van der Waals surface area contributed by atoms with E-state index in [1.54, 1.807) is 22.5 Å². The van der Waals surface area contributed by atoms with Crippen LogP contribution in [0.25, 0.3) is 0 Å². The van der Waals surface area contributed by atoms with Gasteiger partial charge in [-0.2, -0.15) is 4.31 Å². The van der Waals surface area contributed by atoms with E-state index in [1.165, 1.54) is 0 Å². The van der Waals surface area contributed by atoms with Crippen molar-refractivity contribution in [3.63, 3.8) is 0 Å². The van der Waals surface area contributed by atoms with Crippen LogP contribution in [0.2, 0.25) is 0 Å². The van der Waals surface area contributed by atoms with Gasteiger partial charge in [-0.1, -0.05) is 6.42 Å². The third-order valence-corrected chi connectivity index (χ3v) is 6.73. The minimum absolute atomic E-state index is 0.0400. The van der Waals surface area contributed by atoms with Crippen molar-refractivity contribution in [1.29, 1.82) is 0 Å². The summed E-state index contributed by atoms with van der Waals surface area (Å²) in [6.45, 7) is 3.94. The highest BCUT2D eigenvalue weighted by Gasteiger charge is 2.36. The highest BCUT2D eigenvalue weighted by molar-refractivity contribution is 9.10. The number of rotatable bonds is 2. The topological polar surface area (TPSA) is 63.4 Å². The SMILES string of the molecule is C[C@@H]1CCC[C@H](C)N1S(=O)(=O)c1ccc(N)cc1Br. The van der Waals surface area contributed by atoms with Crippen LogP contribution in [0.5, 0.6) is 0 Å². The van der Waals surface area contributed by atoms with E-state index in [-0.39, 0.29) is 12.1 Å². The molecule has 0 amide bonds. The van der Waals surface area contributed by atoms with Gasteiger partial charge < -0.3 is 5.73 Å². The molecular formula is C13H19BrN2O2S. The maximum atomic E-state index is 12.8. The molecule has 106 valence electrons. The van der Waals surface area contributed by atoms with E-state index in [0.29, 0.717) is 15.1 Å². The largest absolute Gasteiger partial charge is 0.399 e. The predicted molar refractivity (Wildman–Crippen MR) is 80.4 cm³/mol. The Balaban J connectivity index is 2.46. The Kier molecular flexibility index (Phi) is 4.23. The summed E-state index contributed by atoms with van der Waals surface area (Å²) in [7, 11) is -3.48. The molecule has 1 aliphatic heterocycles. The average Bonchev–Trinajstić information content (AvgIpc) is 2.27. The fraction of sp³-hybridized carbons (Fsp3) is 0.538. The van der Waals surface area contributed by atoms with Gasteiger partial charge in [0.25, 0.3) is 0 Å². The molecule has 19 heavy (non-hydrogen) atoms. The van der Waals surface area contributed by atoms with E-state index in [1.807, 2.05) is 13.8 Å². The first kappa shape index (κ1) is 14.8. The molecule has 0 aliphatic carbocycles. The molecule has 1 heterocycles. The molecule has 1 aromatic rings. The van der Waals surface area contributed by atoms with Gasteiger partial charge in [-0.15, -0.1) is 0 Å². The van der Waals surface area contributed by atoms with Crippen LogP contribution in [-0.4, -0.2) is 24.8 Å². The van der Waals surface area contributed by atoms with Crippen molar-refractivity contribution in [3.8, 4) is 0 Å². The maximum absolute atomic E-state index is 12.8. The van der Waals surface area contributed by atoms with Crippen molar-refractivity contribution in [2.45, 2.75) is 50.1 Å². The predicted octanol–water partition coefficient (Wildman–Crippen LogP) is 2.98. The first-order chi connectivity index (χ1) is 8.84. The van der Waals surface area contributed by atoms with Crippen molar-refractivity contribution in [2.24, 2.45) is 0 Å². The van der Waals surface area contributed by atoms with Crippen LogP contribution in [0, 0.1) is 0 Å². The molecule has 1 fully saturated rings. The van der Waals surface area contributed by atoms with Crippen LogP contribution < -0.4 is 5.73 Å². The maximum Gasteiger partial charge on any atom is 0.244 e. The molecule has 0 bridgehead atoms. The Hall–Kier alpha value is -0.590. The molecule has 0 aromatic heterocycles. The number of nitrogen functional groups attached to an aromatic ring is 1. The van der Waals surface area contributed by atoms with Crippen molar-refractivity contribution in [3.05, 3.63) is 22.7 Å². The van der Waals surface area contributed by atoms with E-state index in [0.717, 1.165) is 19.3 Å². The number of nitrogens with zero attached hydrogens (tertiary/aromatic N) is 1. The Morgan fingerprint density at radius 1 is 1.26 bits per heavy atom. The second kappa shape index (κ2) is 5.42. The van der Waals surface area contributed by atoms with Crippen molar-refractivity contribution in [1.82, 2.24) is 4.31 Å². The third-order valence-electron chi connectivity index (χ3n) is 3.62. The van der Waals surface area contributed by atoms with Gasteiger partial charge >= 0.3 is 0 Å². The van der Waals surface area contributed by atoms with Crippen molar-refractivity contribution < 1.29 is 8.42 Å². The summed E-state index contributed by atoms with van der Waals surface area (Å²) in [5.41, 5.74) is 6.21. The molecule has 0 saturated carbocycles.